The zero-order valence-corrected chi connectivity index (χ0v) is 14.6. The highest BCUT2D eigenvalue weighted by molar-refractivity contribution is 9.10. The van der Waals surface area contributed by atoms with Crippen LogP contribution in [-0.2, 0) is 18.3 Å². The quantitative estimate of drug-likeness (QED) is 0.624. The van der Waals surface area contributed by atoms with Crippen molar-refractivity contribution >= 4 is 33.8 Å². The van der Waals surface area contributed by atoms with Gasteiger partial charge in [0.05, 0.1) is 6.61 Å². The van der Waals surface area contributed by atoms with Crippen LogP contribution >= 0.6 is 15.9 Å². The number of halogens is 1. The summed E-state index contributed by atoms with van der Waals surface area (Å²) < 4.78 is 7.90. The summed E-state index contributed by atoms with van der Waals surface area (Å²) in [5, 5.41) is 0. The van der Waals surface area contributed by atoms with Gasteiger partial charge in [0.25, 0.3) is 11.8 Å². The molecule has 0 atom stereocenters. The standard InChI is InChI=1S/C17H16BrN3O3/c1-21-10-13(18)9-14(21)17(23)20-19-16(22)5-3-11-2-4-15-12(8-11)6-7-24-15/h2-5,8-10H,6-7H2,1H3,(H,19,22)(H,20,23). The number of hydrazine groups is 1. The van der Waals surface area contributed by atoms with Gasteiger partial charge in [0.15, 0.2) is 0 Å². The fraction of sp³-hybridized carbons (Fsp3) is 0.176. The highest BCUT2D eigenvalue weighted by atomic mass is 79.9. The second-order valence-corrected chi connectivity index (χ2v) is 6.31. The predicted octanol–water partition coefficient (Wildman–Crippen LogP) is 2.20. The number of hydrogen-bond acceptors (Lipinski definition) is 3. The topological polar surface area (TPSA) is 72.4 Å². The van der Waals surface area contributed by atoms with E-state index in [4.69, 9.17) is 4.74 Å². The fourth-order valence-corrected chi connectivity index (χ4v) is 2.98. The van der Waals surface area contributed by atoms with Crippen molar-refractivity contribution in [3.63, 3.8) is 0 Å². The Balaban J connectivity index is 1.55. The molecule has 0 saturated carbocycles. The van der Waals surface area contributed by atoms with E-state index >= 15 is 0 Å². The van der Waals surface area contributed by atoms with Gasteiger partial charge in [-0.05, 0) is 51.3 Å². The summed E-state index contributed by atoms with van der Waals surface area (Å²) in [5.41, 5.74) is 7.22. The Morgan fingerprint density at radius 3 is 2.88 bits per heavy atom. The third kappa shape index (κ3) is 3.68. The molecule has 1 aromatic heterocycles. The lowest BCUT2D eigenvalue weighted by atomic mass is 10.1. The lowest BCUT2D eigenvalue weighted by molar-refractivity contribution is -0.117. The van der Waals surface area contributed by atoms with Crippen LogP contribution in [0.2, 0.25) is 0 Å². The molecule has 2 N–H and O–H groups in total. The van der Waals surface area contributed by atoms with Crippen LogP contribution in [-0.4, -0.2) is 23.0 Å². The lowest BCUT2D eigenvalue weighted by Crippen LogP contribution is -2.41. The summed E-state index contributed by atoms with van der Waals surface area (Å²) in [5.74, 6) is 0.102. The largest absolute Gasteiger partial charge is 0.493 e. The molecule has 1 aliphatic rings. The van der Waals surface area contributed by atoms with Crippen molar-refractivity contribution in [2.75, 3.05) is 6.61 Å². The highest BCUT2D eigenvalue weighted by Crippen LogP contribution is 2.26. The lowest BCUT2D eigenvalue weighted by Gasteiger charge is -2.06. The summed E-state index contributed by atoms with van der Waals surface area (Å²) >= 11 is 3.29. The van der Waals surface area contributed by atoms with Crippen molar-refractivity contribution in [2.45, 2.75) is 6.42 Å². The van der Waals surface area contributed by atoms with Crippen molar-refractivity contribution in [1.29, 1.82) is 0 Å². The fourth-order valence-electron chi connectivity index (χ4n) is 2.46. The Bertz CT molecular complexity index is 826. The maximum Gasteiger partial charge on any atom is 0.286 e. The number of ether oxygens (including phenoxy) is 1. The molecule has 3 rings (SSSR count). The van der Waals surface area contributed by atoms with Crippen LogP contribution in [0.5, 0.6) is 5.75 Å². The van der Waals surface area contributed by atoms with Crippen molar-refractivity contribution < 1.29 is 14.3 Å². The van der Waals surface area contributed by atoms with Crippen molar-refractivity contribution in [3.05, 3.63) is 57.8 Å². The van der Waals surface area contributed by atoms with Gasteiger partial charge < -0.3 is 9.30 Å². The first-order chi connectivity index (χ1) is 11.5. The van der Waals surface area contributed by atoms with Gasteiger partial charge >= 0.3 is 0 Å². The first-order valence-corrected chi connectivity index (χ1v) is 8.18. The van der Waals surface area contributed by atoms with Gasteiger partial charge in [-0.2, -0.15) is 0 Å². The van der Waals surface area contributed by atoms with E-state index < -0.39 is 5.91 Å². The average Bonchev–Trinajstić information content (AvgIpc) is 3.15. The number of fused-ring (bicyclic) bond motifs is 1. The minimum Gasteiger partial charge on any atom is -0.493 e. The number of aryl methyl sites for hydroxylation is 1. The Kier molecular flexibility index (Phi) is 4.71. The molecule has 0 fully saturated rings. The van der Waals surface area contributed by atoms with Gasteiger partial charge in [-0.1, -0.05) is 6.07 Å². The first-order valence-electron chi connectivity index (χ1n) is 7.39. The molecule has 0 unspecified atom stereocenters. The Hall–Kier alpha value is -2.54. The number of carbonyl (C=O) groups excluding carboxylic acids is 2. The molecular weight excluding hydrogens is 374 g/mol. The van der Waals surface area contributed by atoms with E-state index in [1.165, 1.54) is 6.08 Å². The predicted molar refractivity (Wildman–Crippen MR) is 93.4 cm³/mol. The van der Waals surface area contributed by atoms with Crippen LogP contribution in [0.25, 0.3) is 6.08 Å². The van der Waals surface area contributed by atoms with Crippen LogP contribution in [0.15, 0.2) is 41.0 Å². The summed E-state index contributed by atoms with van der Waals surface area (Å²) in [6.07, 6.45) is 5.71. The van der Waals surface area contributed by atoms with Crippen LogP contribution < -0.4 is 15.6 Å². The second kappa shape index (κ2) is 6.92. The Morgan fingerprint density at radius 1 is 1.29 bits per heavy atom. The first kappa shape index (κ1) is 16.3. The third-order valence-corrected chi connectivity index (χ3v) is 4.08. The Labute approximate surface area is 147 Å². The smallest absolute Gasteiger partial charge is 0.286 e. The zero-order valence-electron chi connectivity index (χ0n) is 13.0. The van der Waals surface area contributed by atoms with Gasteiger partial charge in [-0.3, -0.25) is 20.4 Å². The molecule has 1 aromatic carbocycles. The average molecular weight is 390 g/mol. The molecule has 0 bridgehead atoms. The van der Waals surface area contributed by atoms with Crippen LogP contribution in [0, 0.1) is 0 Å². The summed E-state index contributed by atoms with van der Waals surface area (Å²) in [6, 6.07) is 7.44. The number of hydrogen-bond donors (Lipinski definition) is 2. The van der Waals surface area contributed by atoms with E-state index in [9.17, 15) is 9.59 Å². The zero-order chi connectivity index (χ0) is 17.1. The summed E-state index contributed by atoms with van der Waals surface area (Å²) in [4.78, 5) is 23.8. The van der Waals surface area contributed by atoms with E-state index in [0.717, 1.165) is 27.8 Å². The minimum atomic E-state index is -0.409. The van der Waals surface area contributed by atoms with Crippen molar-refractivity contribution in [3.8, 4) is 5.75 Å². The van der Waals surface area contributed by atoms with Gasteiger partial charge in [0.1, 0.15) is 11.4 Å². The number of nitrogens with zero attached hydrogens (tertiary/aromatic N) is 1. The molecule has 2 amide bonds. The highest BCUT2D eigenvalue weighted by Gasteiger charge is 2.12. The molecule has 1 aliphatic heterocycles. The third-order valence-electron chi connectivity index (χ3n) is 3.64. The summed E-state index contributed by atoms with van der Waals surface area (Å²) in [7, 11) is 1.75. The van der Waals surface area contributed by atoms with Crippen LogP contribution in [0.1, 0.15) is 21.6 Å². The molecular formula is C17H16BrN3O3. The number of nitrogens with one attached hydrogen (secondary N) is 2. The number of rotatable bonds is 3. The van der Waals surface area contributed by atoms with Crippen molar-refractivity contribution in [2.24, 2.45) is 7.05 Å². The number of benzene rings is 1. The molecule has 0 radical (unpaired) electrons. The van der Waals surface area contributed by atoms with Gasteiger partial charge in [0, 0.05) is 30.2 Å². The molecule has 0 saturated heterocycles. The normalized spacial score (nSPS) is 12.8. The molecule has 124 valence electrons. The second-order valence-electron chi connectivity index (χ2n) is 5.40. The van der Waals surface area contributed by atoms with E-state index in [1.807, 2.05) is 18.2 Å². The van der Waals surface area contributed by atoms with E-state index in [2.05, 4.69) is 26.8 Å². The molecule has 0 aliphatic carbocycles. The van der Waals surface area contributed by atoms with Crippen molar-refractivity contribution in [1.82, 2.24) is 15.4 Å². The van der Waals surface area contributed by atoms with Crippen LogP contribution in [0.3, 0.4) is 0 Å². The molecule has 6 nitrogen and oxygen atoms in total. The molecule has 0 spiro atoms. The minimum absolute atomic E-state index is 0.389. The monoisotopic (exact) mass is 389 g/mol. The SMILES string of the molecule is Cn1cc(Br)cc1C(=O)NNC(=O)C=Cc1ccc2c(c1)CCO2. The Morgan fingerprint density at radius 2 is 2.12 bits per heavy atom. The van der Waals surface area contributed by atoms with Gasteiger partial charge in [0.2, 0.25) is 0 Å². The number of amides is 2. The number of carbonyl (C=O) groups is 2. The van der Waals surface area contributed by atoms with Gasteiger partial charge in [-0.25, -0.2) is 0 Å². The van der Waals surface area contributed by atoms with Gasteiger partial charge in [-0.15, -0.1) is 0 Å². The molecule has 2 aromatic rings. The molecule has 2 heterocycles. The maximum atomic E-state index is 12.0. The summed E-state index contributed by atoms with van der Waals surface area (Å²) in [6.45, 7) is 0.699. The van der Waals surface area contributed by atoms with E-state index in [0.29, 0.717) is 12.3 Å². The van der Waals surface area contributed by atoms with E-state index in [-0.39, 0.29) is 5.91 Å². The van der Waals surface area contributed by atoms with Crippen LogP contribution in [0.4, 0.5) is 0 Å². The molecule has 7 heteroatoms. The maximum absolute atomic E-state index is 12.0. The van der Waals surface area contributed by atoms with E-state index in [1.54, 1.807) is 30.0 Å². The molecule has 24 heavy (non-hydrogen) atoms. The number of aromatic nitrogens is 1.